The van der Waals surface area contributed by atoms with Gasteiger partial charge in [0.05, 0.1) is 12.1 Å². The molecule has 0 spiro atoms. The van der Waals surface area contributed by atoms with Crippen LogP contribution in [0.2, 0.25) is 0 Å². The summed E-state index contributed by atoms with van der Waals surface area (Å²) in [5, 5.41) is 4.78. The normalized spacial score (nSPS) is 13.5. The highest BCUT2D eigenvalue weighted by Gasteiger charge is 2.18. The topological polar surface area (TPSA) is 57.8 Å². The minimum absolute atomic E-state index is 0.00724. The monoisotopic (exact) mass is 297 g/mol. The first kappa shape index (κ1) is 12.6. The highest BCUT2D eigenvalue weighted by molar-refractivity contribution is 7.15. The Morgan fingerprint density at radius 2 is 2.24 bits per heavy atom. The second-order valence-corrected chi connectivity index (χ2v) is 6.41. The molecule has 3 aromatic rings. The Hall–Kier alpha value is -2.14. The summed E-state index contributed by atoms with van der Waals surface area (Å²) in [7, 11) is 0. The predicted molar refractivity (Wildman–Crippen MR) is 84.8 cm³/mol. The van der Waals surface area contributed by atoms with E-state index in [0.717, 1.165) is 34.4 Å². The van der Waals surface area contributed by atoms with E-state index in [1.807, 2.05) is 30.5 Å². The van der Waals surface area contributed by atoms with Crippen LogP contribution in [0.5, 0.6) is 0 Å². The van der Waals surface area contributed by atoms with E-state index in [-0.39, 0.29) is 5.91 Å². The van der Waals surface area contributed by atoms with Crippen LogP contribution >= 0.6 is 11.3 Å². The largest absolute Gasteiger partial charge is 0.361 e. The number of aromatic nitrogens is 2. The number of para-hydroxylation sites is 1. The molecule has 0 aliphatic heterocycles. The summed E-state index contributed by atoms with van der Waals surface area (Å²) in [6.45, 7) is 0. The molecular formula is C16H15N3OS. The van der Waals surface area contributed by atoms with Crippen molar-refractivity contribution in [3.63, 3.8) is 0 Å². The minimum Gasteiger partial charge on any atom is -0.361 e. The SMILES string of the molecule is O=C(Cc1c[nH]c2ccccc12)Nc1nc2c(s1)CCC2. The van der Waals surface area contributed by atoms with Crippen molar-refractivity contribution >= 4 is 33.3 Å². The molecule has 1 aliphatic carbocycles. The quantitative estimate of drug-likeness (QED) is 0.779. The number of carbonyl (C=O) groups is 1. The standard InChI is InChI=1S/C16H15N3OS/c20-15(19-16-18-13-6-3-7-14(13)21-16)8-10-9-17-12-5-2-1-4-11(10)12/h1-2,4-5,9,17H,3,6-8H2,(H,18,19,20). The van der Waals surface area contributed by atoms with Gasteiger partial charge in [-0.25, -0.2) is 4.98 Å². The number of rotatable bonds is 3. The number of carbonyl (C=O) groups excluding carboxylic acids is 1. The minimum atomic E-state index is -0.00724. The fourth-order valence-corrected chi connectivity index (χ4v) is 3.92. The highest BCUT2D eigenvalue weighted by atomic mass is 32.1. The Labute approximate surface area is 126 Å². The Morgan fingerprint density at radius 1 is 1.33 bits per heavy atom. The van der Waals surface area contributed by atoms with Crippen LogP contribution in [0.3, 0.4) is 0 Å². The summed E-state index contributed by atoms with van der Waals surface area (Å²) in [6, 6.07) is 8.03. The van der Waals surface area contributed by atoms with Gasteiger partial charge in [-0.3, -0.25) is 4.79 Å². The van der Waals surface area contributed by atoms with Crippen molar-refractivity contribution < 1.29 is 4.79 Å². The molecule has 0 saturated carbocycles. The molecule has 2 N–H and O–H groups in total. The molecule has 2 aromatic heterocycles. The van der Waals surface area contributed by atoms with Gasteiger partial charge in [0.2, 0.25) is 5.91 Å². The van der Waals surface area contributed by atoms with E-state index in [9.17, 15) is 4.79 Å². The highest BCUT2D eigenvalue weighted by Crippen LogP contribution is 2.30. The van der Waals surface area contributed by atoms with Crippen LogP contribution in [0.4, 0.5) is 5.13 Å². The molecule has 21 heavy (non-hydrogen) atoms. The Balaban J connectivity index is 1.50. The lowest BCUT2D eigenvalue weighted by Crippen LogP contribution is -2.14. The van der Waals surface area contributed by atoms with Crippen LogP contribution < -0.4 is 5.32 Å². The maximum absolute atomic E-state index is 12.2. The number of nitrogens with one attached hydrogen (secondary N) is 2. The molecule has 4 nitrogen and oxygen atoms in total. The average molecular weight is 297 g/mol. The molecular weight excluding hydrogens is 282 g/mol. The number of benzene rings is 1. The fraction of sp³-hybridized carbons (Fsp3) is 0.250. The number of H-pyrrole nitrogens is 1. The van der Waals surface area contributed by atoms with Gasteiger partial charge in [-0.15, -0.1) is 11.3 Å². The summed E-state index contributed by atoms with van der Waals surface area (Å²) in [5.74, 6) is -0.00724. The molecule has 0 bridgehead atoms. The first-order valence-corrected chi connectivity index (χ1v) is 7.94. The second-order valence-electron chi connectivity index (χ2n) is 5.33. The third-order valence-corrected chi connectivity index (χ3v) is 4.94. The molecule has 106 valence electrons. The van der Waals surface area contributed by atoms with E-state index in [1.54, 1.807) is 11.3 Å². The molecule has 2 heterocycles. The molecule has 4 rings (SSSR count). The van der Waals surface area contributed by atoms with E-state index in [0.29, 0.717) is 6.42 Å². The van der Waals surface area contributed by atoms with E-state index in [1.165, 1.54) is 17.0 Å². The van der Waals surface area contributed by atoms with Gasteiger partial charge in [0.1, 0.15) is 0 Å². The summed E-state index contributed by atoms with van der Waals surface area (Å²) in [5.41, 5.74) is 3.25. The van der Waals surface area contributed by atoms with Gasteiger partial charge in [-0.2, -0.15) is 0 Å². The van der Waals surface area contributed by atoms with E-state index in [4.69, 9.17) is 0 Å². The third-order valence-electron chi connectivity index (χ3n) is 3.87. The molecule has 0 fully saturated rings. The van der Waals surface area contributed by atoms with Crippen molar-refractivity contribution in [3.8, 4) is 0 Å². The molecule has 0 atom stereocenters. The van der Waals surface area contributed by atoms with E-state index < -0.39 is 0 Å². The molecule has 1 amide bonds. The number of hydrogen-bond donors (Lipinski definition) is 2. The van der Waals surface area contributed by atoms with Crippen molar-refractivity contribution in [2.45, 2.75) is 25.7 Å². The number of hydrogen-bond acceptors (Lipinski definition) is 3. The zero-order chi connectivity index (χ0) is 14.2. The number of anilines is 1. The molecule has 5 heteroatoms. The first-order chi connectivity index (χ1) is 10.3. The van der Waals surface area contributed by atoms with Gasteiger partial charge in [-0.1, -0.05) is 18.2 Å². The Morgan fingerprint density at radius 3 is 3.14 bits per heavy atom. The number of fused-ring (bicyclic) bond motifs is 2. The zero-order valence-corrected chi connectivity index (χ0v) is 12.3. The first-order valence-electron chi connectivity index (χ1n) is 7.13. The van der Waals surface area contributed by atoms with Crippen LogP contribution in [0.1, 0.15) is 22.6 Å². The number of aromatic amines is 1. The average Bonchev–Trinajstić information content (AvgIpc) is 3.14. The van der Waals surface area contributed by atoms with Gasteiger partial charge in [0.25, 0.3) is 0 Å². The molecule has 1 aromatic carbocycles. The molecule has 0 saturated heterocycles. The number of amides is 1. The Bertz CT molecular complexity index is 796. The maximum atomic E-state index is 12.2. The van der Waals surface area contributed by atoms with Crippen molar-refractivity contribution in [2.24, 2.45) is 0 Å². The van der Waals surface area contributed by atoms with Crippen molar-refractivity contribution in [2.75, 3.05) is 5.32 Å². The summed E-state index contributed by atoms with van der Waals surface area (Å²) in [4.78, 5) is 21.2. The zero-order valence-electron chi connectivity index (χ0n) is 11.5. The van der Waals surface area contributed by atoms with Crippen LogP contribution in [0, 0.1) is 0 Å². The number of nitrogens with zero attached hydrogens (tertiary/aromatic N) is 1. The van der Waals surface area contributed by atoms with Gasteiger partial charge in [0.15, 0.2) is 5.13 Å². The van der Waals surface area contributed by atoms with Crippen molar-refractivity contribution in [1.82, 2.24) is 9.97 Å². The molecule has 0 unspecified atom stereocenters. The van der Waals surface area contributed by atoms with Gasteiger partial charge in [0, 0.05) is 22.0 Å². The van der Waals surface area contributed by atoms with Crippen LogP contribution in [-0.4, -0.2) is 15.9 Å². The van der Waals surface area contributed by atoms with E-state index in [2.05, 4.69) is 15.3 Å². The second kappa shape index (κ2) is 5.00. The van der Waals surface area contributed by atoms with Crippen LogP contribution in [0.25, 0.3) is 10.9 Å². The van der Waals surface area contributed by atoms with Crippen molar-refractivity contribution in [3.05, 3.63) is 46.6 Å². The lowest BCUT2D eigenvalue weighted by Gasteiger charge is -2.01. The van der Waals surface area contributed by atoms with Gasteiger partial charge in [-0.05, 0) is 30.9 Å². The molecule has 1 aliphatic rings. The summed E-state index contributed by atoms with van der Waals surface area (Å²) >= 11 is 1.62. The predicted octanol–water partition coefficient (Wildman–Crippen LogP) is 3.29. The number of thiazole rings is 1. The van der Waals surface area contributed by atoms with E-state index >= 15 is 0 Å². The smallest absolute Gasteiger partial charge is 0.230 e. The number of aryl methyl sites for hydroxylation is 2. The van der Waals surface area contributed by atoms with Crippen molar-refractivity contribution in [1.29, 1.82) is 0 Å². The Kier molecular flexibility index (Phi) is 3.00. The van der Waals surface area contributed by atoms with Gasteiger partial charge < -0.3 is 10.3 Å². The third kappa shape index (κ3) is 2.34. The summed E-state index contributed by atoms with van der Waals surface area (Å²) in [6.07, 6.45) is 5.62. The lowest BCUT2D eigenvalue weighted by molar-refractivity contribution is -0.115. The van der Waals surface area contributed by atoms with Crippen LogP contribution in [-0.2, 0) is 24.1 Å². The summed E-state index contributed by atoms with van der Waals surface area (Å²) < 4.78 is 0. The molecule has 0 radical (unpaired) electrons. The lowest BCUT2D eigenvalue weighted by atomic mass is 10.1. The van der Waals surface area contributed by atoms with Gasteiger partial charge >= 0.3 is 0 Å². The van der Waals surface area contributed by atoms with Crippen LogP contribution in [0.15, 0.2) is 30.5 Å². The fourth-order valence-electron chi connectivity index (χ4n) is 2.86. The maximum Gasteiger partial charge on any atom is 0.230 e.